The molecule has 22 heavy (non-hydrogen) atoms. The van der Waals surface area contributed by atoms with Crippen LogP contribution in [0.25, 0.3) is 0 Å². The molecule has 7 heteroatoms. The van der Waals surface area contributed by atoms with Crippen LogP contribution in [-0.2, 0) is 22.3 Å². The zero-order chi connectivity index (χ0) is 16.2. The largest absolute Gasteiger partial charge is 0.496 e. The summed E-state index contributed by atoms with van der Waals surface area (Å²) in [4.78, 5) is 0. The Morgan fingerprint density at radius 3 is 2.32 bits per heavy atom. The van der Waals surface area contributed by atoms with Gasteiger partial charge >= 0.3 is 0 Å². The van der Waals surface area contributed by atoms with Crippen LogP contribution in [0.4, 0.5) is 0 Å². The zero-order valence-electron chi connectivity index (χ0n) is 11.8. The Balaban J connectivity index is 2.12. The molecule has 2 rings (SSSR count). The van der Waals surface area contributed by atoms with Crippen molar-refractivity contribution in [1.82, 2.24) is 4.72 Å². The quantitative estimate of drug-likeness (QED) is 0.856. The molecule has 4 nitrogen and oxygen atoms in total. The second kappa shape index (κ2) is 7.33. The minimum atomic E-state index is -3.58. The molecule has 0 aliphatic carbocycles. The molecule has 0 saturated carbocycles. The van der Waals surface area contributed by atoms with Crippen LogP contribution < -0.4 is 9.46 Å². The van der Waals surface area contributed by atoms with E-state index in [1.807, 2.05) is 12.1 Å². The summed E-state index contributed by atoms with van der Waals surface area (Å²) in [6.45, 7) is 0.133. The smallest absolute Gasteiger partial charge is 0.216 e. The number of sulfonamides is 1. The Morgan fingerprint density at radius 2 is 1.68 bits per heavy atom. The maximum atomic E-state index is 12.2. The van der Waals surface area contributed by atoms with Crippen molar-refractivity contribution in [2.45, 2.75) is 12.3 Å². The van der Waals surface area contributed by atoms with Gasteiger partial charge in [0.25, 0.3) is 0 Å². The van der Waals surface area contributed by atoms with Gasteiger partial charge in [0.1, 0.15) is 5.75 Å². The summed E-state index contributed by atoms with van der Waals surface area (Å²) in [6.07, 6.45) is 0. The van der Waals surface area contributed by atoms with Crippen molar-refractivity contribution in [3.8, 4) is 5.75 Å². The van der Waals surface area contributed by atoms with E-state index in [1.165, 1.54) is 7.11 Å². The molecule has 0 amide bonds. The van der Waals surface area contributed by atoms with Crippen molar-refractivity contribution in [1.29, 1.82) is 0 Å². The van der Waals surface area contributed by atoms with Gasteiger partial charge in [-0.1, -0.05) is 47.5 Å². The summed E-state index contributed by atoms with van der Waals surface area (Å²) >= 11 is 12.0. The van der Waals surface area contributed by atoms with Crippen LogP contribution >= 0.6 is 23.2 Å². The predicted octanol–water partition coefficient (Wildman–Crippen LogP) is 3.62. The minimum Gasteiger partial charge on any atom is -0.496 e. The summed E-state index contributed by atoms with van der Waals surface area (Å²) in [5.74, 6) is 0.349. The van der Waals surface area contributed by atoms with E-state index in [4.69, 9.17) is 27.9 Å². The van der Waals surface area contributed by atoms with Crippen molar-refractivity contribution in [2.75, 3.05) is 7.11 Å². The summed E-state index contributed by atoms with van der Waals surface area (Å²) in [5, 5.41) is 0.658. The van der Waals surface area contributed by atoms with E-state index in [1.54, 1.807) is 30.3 Å². The number of rotatable bonds is 6. The highest BCUT2D eigenvalue weighted by atomic mass is 35.5. The lowest BCUT2D eigenvalue weighted by Crippen LogP contribution is -2.25. The van der Waals surface area contributed by atoms with Crippen molar-refractivity contribution < 1.29 is 13.2 Å². The van der Waals surface area contributed by atoms with Crippen LogP contribution in [0.15, 0.2) is 42.5 Å². The molecule has 2 aromatic carbocycles. The highest BCUT2D eigenvalue weighted by Gasteiger charge is 2.17. The molecule has 0 aliphatic heterocycles. The number of hydrogen-bond donors (Lipinski definition) is 1. The maximum absolute atomic E-state index is 12.2. The van der Waals surface area contributed by atoms with Crippen molar-refractivity contribution in [3.63, 3.8) is 0 Å². The number of nitrogens with one attached hydrogen (secondary N) is 1. The fraction of sp³-hybridized carbons (Fsp3) is 0.200. The number of halogens is 2. The third-order valence-electron chi connectivity index (χ3n) is 3.07. The van der Waals surface area contributed by atoms with Crippen LogP contribution in [0.1, 0.15) is 11.1 Å². The van der Waals surface area contributed by atoms with E-state index < -0.39 is 10.0 Å². The number of hydrogen-bond acceptors (Lipinski definition) is 3. The molecule has 0 aromatic heterocycles. The molecule has 0 spiro atoms. The standard InChI is InChI=1S/C15H15Cl2NO3S/c1-21-15-8-3-2-5-11(15)9-18-22(19,20)10-12-13(16)6-4-7-14(12)17/h2-8,18H,9-10H2,1H3. The Labute approximate surface area is 140 Å². The third kappa shape index (κ3) is 4.36. The second-order valence-corrected chi connectivity index (χ2v) is 7.21. The molecule has 0 radical (unpaired) electrons. The molecule has 0 aliphatic rings. The van der Waals surface area contributed by atoms with Gasteiger partial charge in [0.05, 0.1) is 12.9 Å². The Hall–Kier alpha value is -1.27. The lowest BCUT2D eigenvalue weighted by Gasteiger charge is -2.11. The topological polar surface area (TPSA) is 55.4 Å². The van der Waals surface area contributed by atoms with Crippen molar-refractivity contribution in [3.05, 3.63) is 63.6 Å². The van der Waals surface area contributed by atoms with E-state index in [-0.39, 0.29) is 12.3 Å². The molecule has 0 saturated heterocycles. The van der Waals surface area contributed by atoms with Gasteiger partial charge in [0.2, 0.25) is 10.0 Å². The first kappa shape index (κ1) is 17.1. The first-order chi connectivity index (χ1) is 10.4. The molecule has 0 unspecified atom stereocenters. The second-order valence-electron chi connectivity index (χ2n) is 4.59. The molecule has 0 bridgehead atoms. The molecule has 2 aromatic rings. The van der Waals surface area contributed by atoms with Crippen LogP contribution in [-0.4, -0.2) is 15.5 Å². The van der Waals surface area contributed by atoms with Gasteiger partial charge in [-0.25, -0.2) is 13.1 Å². The SMILES string of the molecule is COc1ccccc1CNS(=O)(=O)Cc1c(Cl)cccc1Cl. The van der Waals surface area contributed by atoms with Gasteiger partial charge in [0.15, 0.2) is 0 Å². The van der Waals surface area contributed by atoms with Gasteiger partial charge < -0.3 is 4.74 Å². The first-order valence-electron chi connectivity index (χ1n) is 6.45. The molecule has 118 valence electrons. The highest BCUT2D eigenvalue weighted by Crippen LogP contribution is 2.26. The van der Waals surface area contributed by atoms with Crippen LogP contribution in [0.5, 0.6) is 5.75 Å². The maximum Gasteiger partial charge on any atom is 0.216 e. The number of para-hydroxylation sites is 1. The molecular formula is C15H15Cl2NO3S. The summed E-state index contributed by atoms with van der Waals surface area (Å²) in [6, 6.07) is 12.1. The van der Waals surface area contributed by atoms with E-state index in [0.717, 1.165) is 5.56 Å². The number of benzene rings is 2. The van der Waals surface area contributed by atoms with Gasteiger partial charge in [-0.2, -0.15) is 0 Å². The monoisotopic (exact) mass is 359 g/mol. The van der Waals surface area contributed by atoms with E-state index in [9.17, 15) is 8.42 Å². The number of methoxy groups -OCH3 is 1. The predicted molar refractivity (Wildman–Crippen MR) is 88.9 cm³/mol. The van der Waals surface area contributed by atoms with Gasteiger partial charge in [-0.3, -0.25) is 0 Å². The lowest BCUT2D eigenvalue weighted by atomic mass is 10.2. The average molecular weight is 360 g/mol. The summed E-state index contributed by atoms with van der Waals surface area (Å²) < 4.78 is 32.1. The van der Waals surface area contributed by atoms with Gasteiger partial charge in [-0.05, 0) is 18.2 Å². The third-order valence-corrected chi connectivity index (χ3v) is 5.03. The highest BCUT2D eigenvalue weighted by molar-refractivity contribution is 7.88. The molecule has 1 N–H and O–H groups in total. The number of ether oxygens (including phenoxy) is 1. The van der Waals surface area contributed by atoms with Crippen molar-refractivity contribution >= 4 is 33.2 Å². The first-order valence-corrected chi connectivity index (χ1v) is 8.86. The van der Waals surface area contributed by atoms with E-state index in [0.29, 0.717) is 21.4 Å². The Morgan fingerprint density at radius 1 is 1.05 bits per heavy atom. The average Bonchev–Trinajstić information content (AvgIpc) is 2.49. The van der Waals surface area contributed by atoms with Crippen LogP contribution in [0.2, 0.25) is 10.0 Å². The fourth-order valence-electron chi connectivity index (χ4n) is 1.95. The Kier molecular flexibility index (Phi) is 5.69. The minimum absolute atomic E-state index is 0.133. The zero-order valence-corrected chi connectivity index (χ0v) is 14.2. The summed E-state index contributed by atoms with van der Waals surface area (Å²) in [7, 11) is -2.04. The van der Waals surface area contributed by atoms with E-state index in [2.05, 4.69) is 4.72 Å². The van der Waals surface area contributed by atoms with Crippen LogP contribution in [0, 0.1) is 0 Å². The normalized spacial score (nSPS) is 11.4. The van der Waals surface area contributed by atoms with Crippen molar-refractivity contribution in [2.24, 2.45) is 0 Å². The van der Waals surface area contributed by atoms with Gasteiger partial charge in [0, 0.05) is 27.7 Å². The fourth-order valence-corrected chi connectivity index (χ4v) is 3.81. The molecule has 0 atom stereocenters. The van der Waals surface area contributed by atoms with Gasteiger partial charge in [-0.15, -0.1) is 0 Å². The summed E-state index contributed by atoms with van der Waals surface area (Å²) in [5.41, 5.74) is 1.14. The van der Waals surface area contributed by atoms with E-state index >= 15 is 0 Å². The Bertz CT molecular complexity index is 743. The molecule has 0 heterocycles. The molecule has 0 fully saturated rings. The van der Waals surface area contributed by atoms with Crippen LogP contribution in [0.3, 0.4) is 0 Å². The lowest BCUT2D eigenvalue weighted by molar-refractivity contribution is 0.409. The molecular weight excluding hydrogens is 345 g/mol.